The minimum absolute atomic E-state index is 0.0171. The molecule has 0 atom stereocenters. The van der Waals surface area contributed by atoms with E-state index in [1.807, 2.05) is 13.8 Å². The fourth-order valence-corrected chi connectivity index (χ4v) is 4.98. The Hall–Kier alpha value is -3.54. The number of hydrogen-bond donors (Lipinski definition) is 0. The minimum Gasteiger partial charge on any atom is -0.490 e. The maximum absolute atomic E-state index is 13.9. The van der Waals surface area contributed by atoms with Crippen molar-refractivity contribution in [2.45, 2.75) is 20.8 Å². The molecule has 1 heterocycles. The molecule has 0 radical (unpaired) electrons. The van der Waals surface area contributed by atoms with Crippen LogP contribution in [0.25, 0.3) is 6.08 Å². The molecule has 0 bridgehead atoms. The Kier molecular flexibility index (Phi) is 9.07. The molecule has 6 nitrogen and oxygen atoms in total. The fraction of sp³-hybridized carbons (Fsp3) is 0.167. The summed E-state index contributed by atoms with van der Waals surface area (Å²) in [6.45, 7) is 5.78. The van der Waals surface area contributed by atoms with Crippen molar-refractivity contribution in [3.8, 4) is 23.8 Å². The first-order valence-corrected chi connectivity index (χ1v) is 13.6. The Morgan fingerprint density at radius 1 is 0.875 bits per heavy atom. The molecule has 40 heavy (non-hydrogen) atoms. The molecule has 0 aliphatic carbocycles. The second kappa shape index (κ2) is 12.3. The van der Waals surface area contributed by atoms with Crippen LogP contribution in [0.1, 0.15) is 23.6 Å². The van der Waals surface area contributed by atoms with E-state index in [1.54, 1.807) is 55.5 Å². The van der Waals surface area contributed by atoms with Crippen LogP contribution in [0.3, 0.4) is 0 Å². The van der Waals surface area contributed by atoms with Gasteiger partial charge in [0.15, 0.2) is 16.6 Å². The van der Waals surface area contributed by atoms with Crippen LogP contribution in [0.15, 0.2) is 54.1 Å². The van der Waals surface area contributed by atoms with Gasteiger partial charge in [0, 0.05) is 10.0 Å². The second-order valence-electron chi connectivity index (χ2n) is 8.74. The van der Waals surface area contributed by atoms with E-state index >= 15 is 0 Å². The number of amides is 2. The highest BCUT2D eigenvalue weighted by Crippen LogP contribution is 2.38. The van der Waals surface area contributed by atoms with Crippen molar-refractivity contribution in [1.82, 2.24) is 0 Å². The summed E-state index contributed by atoms with van der Waals surface area (Å²) in [5, 5.41) is 1.04. The molecule has 4 rings (SSSR count). The van der Waals surface area contributed by atoms with Crippen LogP contribution >= 0.6 is 47.0 Å². The van der Waals surface area contributed by atoms with Crippen LogP contribution in [0.2, 0.25) is 15.1 Å². The van der Waals surface area contributed by atoms with E-state index in [-0.39, 0.29) is 28.1 Å². The van der Waals surface area contributed by atoms with Gasteiger partial charge in [0.25, 0.3) is 11.8 Å². The molecule has 10 heteroatoms. The summed E-state index contributed by atoms with van der Waals surface area (Å²) in [6, 6.07) is 13.4. The Morgan fingerprint density at radius 3 is 1.90 bits per heavy atom. The summed E-state index contributed by atoms with van der Waals surface area (Å²) < 4.78 is 11.3. The number of halogens is 3. The van der Waals surface area contributed by atoms with Gasteiger partial charge in [-0.1, -0.05) is 52.9 Å². The highest BCUT2D eigenvalue weighted by atomic mass is 35.5. The number of carbonyl (C=O) groups is 2. The molecule has 0 saturated carbocycles. The number of rotatable bonds is 7. The van der Waals surface area contributed by atoms with E-state index in [9.17, 15) is 9.59 Å². The predicted molar refractivity (Wildman–Crippen MR) is 165 cm³/mol. The highest BCUT2D eigenvalue weighted by Gasteiger charge is 2.41. The van der Waals surface area contributed by atoms with Gasteiger partial charge in [0.2, 0.25) is 0 Å². The van der Waals surface area contributed by atoms with E-state index in [2.05, 4.69) is 5.92 Å². The third-order valence-electron chi connectivity index (χ3n) is 6.02. The lowest BCUT2D eigenvalue weighted by atomic mass is 10.0. The van der Waals surface area contributed by atoms with Crippen LogP contribution < -0.4 is 19.3 Å². The molecule has 3 aromatic rings. The van der Waals surface area contributed by atoms with Gasteiger partial charge in [-0.25, -0.2) is 0 Å². The van der Waals surface area contributed by atoms with Gasteiger partial charge < -0.3 is 9.47 Å². The molecule has 1 aliphatic rings. The smallest absolute Gasteiger partial charge is 0.270 e. The highest BCUT2D eigenvalue weighted by molar-refractivity contribution is 7.81. The van der Waals surface area contributed by atoms with Crippen molar-refractivity contribution >= 4 is 81.4 Å². The standard InChI is InChI=1S/C30H23Cl3N2O4S/c1-5-11-39-27-25(33)13-19(14-26(27)38-6-2)12-22-28(36)34(20-9-7-17(3)23(31)15-20)30(40)35(29(22)37)21-10-8-18(4)24(32)16-21/h1,7-10,12-16H,6,11H2,2-4H3. The van der Waals surface area contributed by atoms with Crippen LogP contribution in [-0.2, 0) is 9.59 Å². The molecule has 0 aromatic heterocycles. The molecule has 3 aromatic carbocycles. The summed E-state index contributed by atoms with van der Waals surface area (Å²) in [7, 11) is 0. The summed E-state index contributed by atoms with van der Waals surface area (Å²) >= 11 is 25.0. The third kappa shape index (κ3) is 5.81. The average Bonchev–Trinajstić information content (AvgIpc) is 2.90. The number of thiocarbonyl (C=S) groups is 1. The van der Waals surface area contributed by atoms with Crippen LogP contribution in [0.5, 0.6) is 11.5 Å². The van der Waals surface area contributed by atoms with E-state index < -0.39 is 11.8 Å². The van der Waals surface area contributed by atoms with Crippen molar-refractivity contribution in [1.29, 1.82) is 0 Å². The van der Waals surface area contributed by atoms with Crippen molar-refractivity contribution in [2.24, 2.45) is 0 Å². The van der Waals surface area contributed by atoms with Gasteiger partial charge in [0.05, 0.1) is 23.0 Å². The Labute approximate surface area is 253 Å². The monoisotopic (exact) mass is 612 g/mol. The number of anilines is 2. The summed E-state index contributed by atoms with van der Waals surface area (Å²) in [5.41, 5.74) is 2.70. The normalized spacial score (nSPS) is 13.4. The topological polar surface area (TPSA) is 59.1 Å². The van der Waals surface area contributed by atoms with Gasteiger partial charge in [-0.2, -0.15) is 0 Å². The zero-order valence-corrected chi connectivity index (χ0v) is 24.8. The number of benzene rings is 3. The van der Waals surface area contributed by atoms with Crippen LogP contribution in [0.4, 0.5) is 11.4 Å². The van der Waals surface area contributed by atoms with Gasteiger partial charge in [-0.15, -0.1) is 6.42 Å². The molecule has 0 spiro atoms. The molecule has 1 fully saturated rings. The zero-order chi connectivity index (χ0) is 29.1. The quantitative estimate of drug-likeness (QED) is 0.120. The Morgan fingerprint density at radius 2 is 1.43 bits per heavy atom. The predicted octanol–water partition coefficient (Wildman–Crippen LogP) is 7.42. The molecule has 1 aliphatic heterocycles. The van der Waals surface area contributed by atoms with Gasteiger partial charge >= 0.3 is 0 Å². The first kappa shape index (κ1) is 29.4. The number of nitrogens with zero attached hydrogens (tertiary/aromatic N) is 2. The van der Waals surface area contributed by atoms with E-state index in [4.69, 9.17) is 62.9 Å². The number of aryl methyl sites for hydroxylation is 2. The van der Waals surface area contributed by atoms with E-state index in [0.29, 0.717) is 39.3 Å². The van der Waals surface area contributed by atoms with Crippen molar-refractivity contribution in [3.63, 3.8) is 0 Å². The summed E-state index contributed by atoms with van der Waals surface area (Å²) in [4.78, 5) is 30.3. The van der Waals surface area contributed by atoms with Crippen molar-refractivity contribution in [3.05, 3.63) is 85.9 Å². The molecular weight excluding hydrogens is 591 g/mol. The molecule has 2 amide bonds. The molecule has 0 N–H and O–H groups in total. The van der Waals surface area contributed by atoms with Gasteiger partial charge in [-0.05, 0) is 92.2 Å². The number of carbonyl (C=O) groups excluding carboxylic acids is 2. The van der Waals surface area contributed by atoms with Gasteiger partial charge in [0.1, 0.15) is 12.2 Å². The van der Waals surface area contributed by atoms with Crippen LogP contribution in [0, 0.1) is 26.2 Å². The Balaban J connectivity index is 1.89. The SMILES string of the molecule is C#CCOc1c(Cl)cc(C=C2C(=O)N(c3ccc(C)c(Cl)c3)C(=S)N(c3ccc(C)c(Cl)c3)C2=O)cc1OCC. The third-order valence-corrected chi connectivity index (χ3v) is 7.48. The Bertz CT molecular complexity index is 1540. The largest absolute Gasteiger partial charge is 0.490 e. The van der Waals surface area contributed by atoms with E-state index in [1.165, 1.54) is 15.9 Å². The minimum atomic E-state index is -0.633. The maximum atomic E-state index is 13.9. The summed E-state index contributed by atoms with van der Waals surface area (Å²) in [6.07, 6.45) is 6.75. The van der Waals surface area contributed by atoms with Crippen molar-refractivity contribution < 1.29 is 19.1 Å². The zero-order valence-electron chi connectivity index (χ0n) is 21.8. The number of hydrogen-bond acceptors (Lipinski definition) is 5. The number of terminal acetylenes is 1. The summed E-state index contributed by atoms with van der Waals surface area (Å²) in [5.74, 6) is 1.69. The van der Waals surface area contributed by atoms with Crippen LogP contribution in [-0.4, -0.2) is 30.1 Å². The first-order chi connectivity index (χ1) is 19.1. The average molecular weight is 614 g/mol. The molecular formula is C30H23Cl3N2O4S. The lowest BCUT2D eigenvalue weighted by molar-refractivity contribution is -0.120. The number of ether oxygens (including phenoxy) is 2. The lowest BCUT2D eigenvalue weighted by Crippen LogP contribution is -2.57. The second-order valence-corrected chi connectivity index (χ2v) is 10.3. The van der Waals surface area contributed by atoms with Crippen molar-refractivity contribution in [2.75, 3.05) is 23.0 Å². The van der Waals surface area contributed by atoms with E-state index in [0.717, 1.165) is 11.1 Å². The first-order valence-electron chi connectivity index (χ1n) is 12.1. The fourth-order valence-electron chi connectivity index (χ4n) is 3.98. The maximum Gasteiger partial charge on any atom is 0.270 e. The molecule has 204 valence electrons. The lowest BCUT2D eigenvalue weighted by Gasteiger charge is -2.36. The van der Waals surface area contributed by atoms with Gasteiger partial charge in [-0.3, -0.25) is 19.4 Å². The molecule has 1 saturated heterocycles. The molecule has 0 unspecified atom stereocenters.